The topological polar surface area (TPSA) is 46.9 Å². The van der Waals surface area contributed by atoms with Gasteiger partial charge in [0.25, 0.3) is 0 Å². The Kier molecular flexibility index (Phi) is 3.65. The Labute approximate surface area is 107 Å². The summed E-state index contributed by atoms with van der Waals surface area (Å²) in [6, 6.07) is 8.09. The number of amides is 1. The number of aromatic nitrogens is 2. The molecule has 0 aliphatic carbocycles. The summed E-state index contributed by atoms with van der Waals surface area (Å²) in [5.41, 5.74) is 1.95. The molecular formula is C14H19N3O. The molecule has 4 heteroatoms. The maximum absolute atomic E-state index is 11.9. The molecular weight excluding hydrogens is 226 g/mol. The first kappa shape index (κ1) is 12.6. The molecule has 1 heterocycles. The molecule has 1 amide bonds. The van der Waals surface area contributed by atoms with Crippen molar-refractivity contribution in [2.75, 3.05) is 0 Å². The number of nitrogens with zero attached hydrogens (tertiary/aromatic N) is 2. The molecule has 0 bridgehead atoms. The maximum Gasteiger partial charge on any atom is 0.240 e. The third-order valence-corrected chi connectivity index (χ3v) is 3.17. The molecule has 0 aliphatic heterocycles. The number of rotatable bonds is 4. The number of nitrogens with one attached hydrogen (secondary N) is 1. The van der Waals surface area contributed by atoms with Crippen LogP contribution in [-0.4, -0.2) is 21.5 Å². The van der Waals surface area contributed by atoms with Crippen molar-refractivity contribution in [3.8, 4) is 0 Å². The number of hydrogen-bond donors (Lipinski definition) is 1. The standard InChI is InChI=1S/C14H19N3O/c1-4-10(2)15-14(18)9-17-11(3)16-12-7-5-6-8-13(12)17/h5-8,10H,4,9H2,1-3H3,(H,15,18)/t10-/m1/s1. The minimum absolute atomic E-state index is 0.0376. The van der Waals surface area contributed by atoms with Crippen LogP contribution in [0.5, 0.6) is 0 Å². The summed E-state index contributed by atoms with van der Waals surface area (Å²) in [6.45, 7) is 6.33. The van der Waals surface area contributed by atoms with Crippen molar-refractivity contribution in [1.29, 1.82) is 0 Å². The highest BCUT2D eigenvalue weighted by molar-refractivity contribution is 5.81. The van der Waals surface area contributed by atoms with Crippen LogP contribution < -0.4 is 5.32 Å². The Morgan fingerprint density at radius 1 is 1.44 bits per heavy atom. The smallest absolute Gasteiger partial charge is 0.240 e. The van der Waals surface area contributed by atoms with Crippen LogP contribution in [-0.2, 0) is 11.3 Å². The minimum Gasteiger partial charge on any atom is -0.352 e. The lowest BCUT2D eigenvalue weighted by Gasteiger charge is -2.12. The number of aryl methyl sites for hydroxylation is 1. The van der Waals surface area contributed by atoms with E-state index in [0.29, 0.717) is 6.54 Å². The van der Waals surface area contributed by atoms with Crippen molar-refractivity contribution in [1.82, 2.24) is 14.9 Å². The quantitative estimate of drug-likeness (QED) is 0.898. The van der Waals surface area contributed by atoms with Crippen LogP contribution in [0, 0.1) is 6.92 Å². The summed E-state index contributed by atoms with van der Waals surface area (Å²) >= 11 is 0. The normalized spacial score (nSPS) is 12.6. The van der Waals surface area contributed by atoms with Gasteiger partial charge in [0, 0.05) is 6.04 Å². The van der Waals surface area contributed by atoms with Gasteiger partial charge in [-0.05, 0) is 32.4 Å². The Hall–Kier alpha value is -1.84. The maximum atomic E-state index is 11.9. The van der Waals surface area contributed by atoms with E-state index in [1.165, 1.54) is 0 Å². The Morgan fingerprint density at radius 2 is 2.17 bits per heavy atom. The Bertz CT molecular complexity index is 559. The van der Waals surface area contributed by atoms with Gasteiger partial charge in [0.1, 0.15) is 12.4 Å². The van der Waals surface area contributed by atoms with Crippen molar-refractivity contribution in [3.63, 3.8) is 0 Å². The van der Waals surface area contributed by atoms with Gasteiger partial charge in [-0.2, -0.15) is 0 Å². The molecule has 96 valence electrons. The molecule has 1 atom stereocenters. The Balaban J connectivity index is 2.21. The zero-order valence-electron chi connectivity index (χ0n) is 11.1. The van der Waals surface area contributed by atoms with Gasteiger partial charge in [0.2, 0.25) is 5.91 Å². The minimum atomic E-state index is 0.0376. The zero-order chi connectivity index (χ0) is 13.1. The zero-order valence-corrected chi connectivity index (χ0v) is 11.1. The van der Waals surface area contributed by atoms with E-state index < -0.39 is 0 Å². The van der Waals surface area contributed by atoms with Crippen molar-refractivity contribution in [2.24, 2.45) is 0 Å². The van der Waals surface area contributed by atoms with Crippen LogP contribution in [0.3, 0.4) is 0 Å². The van der Waals surface area contributed by atoms with Crippen molar-refractivity contribution in [3.05, 3.63) is 30.1 Å². The number of carbonyl (C=O) groups is 1. The Morgan fingerprint density at radius 3 is 2.89 bits per heavy atom. The molecule has 1 aromatic heterocycles. The summed E-state index contributed by atoms with van der Waals surface area (Å²) in [7, 11) is 0. The van der Waals surface area contributed by atoms with Gasteiger partial charge < -0.3 is 9.88 Å². The molecule has 18 heavy (non-hydrogen) atoms. The second-order valence-corrected chi connectivity index (χ2v) is 4.61. The molecule has 0 spiro atoms. The summed E-state index contributed by atoms with van der Waals surface area (Å²) < 4.78 is 1.95. The molecule has 0 saturated carbocycles. The van der Waals surface area contributed by atoms with E-state index in [4.69, 9.17) is 0 Å². The van der Waals surface area contributed by atoms with Crippen LogP contribution in [0.15, 0.2) is 24.3 Å². The van der Waals surface area contributed by atoms with Crippen LogP contribution in [0.25, 0.3) is 11.0 Å². The highest BCUT2D eigenvalue weighted by Crippen LogP contribution is 2.15. The molecule has 2 aromatic rings. The average molecular weight is 245 g/mol. The lowest BCUT2D eigenvalue weighted by molar-refractivity contribution is -0.122. The first-order chi connectivity index (χ1) is 8.61. The van der Waals surface area contributed by atoms with E-state index >= 15 is 0 Å². The van der Waals surface area contributed by atoms with Crippen LogP contribution >= 0.6 is 0 Å². The monoisotopic (exact) mass is 245 g/mol. The van der Waals surface area contributed by atoms with E-state index in [2.05, 4.69) is 17.2 Å². The number of imidazole rings is 1. The largest absolute Gasteiger partial charge is 0.352 e. The van der Waals surface area contributed by atoms with E-state index in [0.717, 1.165) is 23.3 Å². The van der Waals surface area contributed by atoms with Gasteiger partial charge >= 0.3 is 0 Å². The number of benzene rings is 1. The van der Waals surface area contributed by atoms with E-state index in [-0.39, 0.29) is 11.9 Å². The van der Waals surface area contributed by atoms with Crippen molar-refractivity contribution < 1.29 is 4.79 Å². The molecule has 1 N–H and O–H groups in total. The van der Waals surface area contributed by atoms with Crippen LogP contribution in [0.4, 0.5) is 0 Å². The van der Waals surface area contributed by atoms with E-state index in [1.807, 2.05) is 42.7 Å². The predicted molar refractivity (Wildman–Crippen MR) is 72.4 cm³/mol. The van der Waals surface area contributed by atoms with Gasteiger partial charge in [-0.25, -0.2) is 4.98 Å². The number of hydrogen-bond acceptors (Lipinski definition) is 2. The summed E-state index contributed by atoms with van der Waals surface area (Å²) in [5, 5.41) is 2.97. The van der Waals surface area contributed by atoms with Crippen LogP contribution in [0.2, 0.25) is 0 Å². The predicted octanol–water partition coefficient (Wildman–Crippen LogP) is 2.26. The molecule has 0 unspecified atom stereocenters. The fourth-order valence-corrected chi connectivity index (χ4v) is 1.96. The molecule has 0 fully saturated rings. The molecule has 1 aromatic carbocycles. The van der Waals surface area contributed by atoms with Gasteiger partial charge in [0.15, 0.2) is 0 Å². The second-order valence-electron chi connectivity index (χ2n) is 4.61. The van der Waals surface area contributed by atoms with E-state index in [9.17, 15) is 4.79 Å². The highest BCUT2D eigenvalue weighted by atomic mass is 16.2. The molecule has 0 saturated heterocycles. The summed E-state index contributed by atoms with van der Waals surface area (Å²) in [4.78, 5) is 16.4. The summed E-state index contributed by atoms with van der Waals surface area (Å²) in [5.74, 6) is 0.908. The fourth-order valence-electron chi connectivity index (χ4n) is 1.96. The highest BCUT2D eigenvalue weighted by Gasteiger charge is 2.11. The van der Waals surface area contributed by atoms with Gasteiger partial charge in [-0.3, -0.25) is 4.79 Å². The fraction of sp³-hybridized carbons (Fsp3) is 0.429. The van der Waals surface area contributed by atoms with E-state index in [1.54, 1.807) is 0 Å². The van der Waals surface area contributed by atoms with Gasteiger partial charge in [-0.15, -0.1) is 0 Å². The second kappa shape index (κ2) is 5.21. The van der Waals surface area contributed by atoms with Crippen molar-refractivity contribution in [2.45, 2.75) is 39.8 Å². The first-order valence-electron chi connectivity index (χ1n) is 6.33. The lowest BCUT2D eigenvalue weighted by Crippen LogP contribution is -2.34. The third kappa shape index (κ3) is 2.53. The first-order valence-corrected chi connectivity index (χ1v) is 6.33. The molecule has 4 nitrogen and oxygen atoms in total. The van der Waals surface area contributed by atoms with Gasteiger partial charge in [0.05, 0.1) is 11.0 Å². The summed E-state index contributed by atoms with van der Waals surface area (Å²) in [6.07, 6.45) is 0.940. The van der Waals surface area contributed by atoms with Gasteiger partial charge in [-0.1, -0.05) is 19.1 Å². The number of fused-ring (bicyclic) bond motifs is 1. The SMILES string of the molecule is CC[C@@H](C)NC(=O)Cn1c(C)nc2ccccc21. The average Bonchev–Trinajstić information content (AvgIpc) is 2.66. The van der Waals surface area contributed by atoms with Crippen molar-refractivity contribution >= 4 is 16.9 Å². The lowest BCUT2D eigenvalue weighted by atomic mass is 10.2. The molecule has 0 aliphatic rings. The third-order valence-electron chi connectivity index (χ3n) is 3.17. The molecule has 0 radical (unpaired) electrons. The number of para-hydroxylation sites is 2. The number of carbonyl (C=O) groups excluding carboxylic acids is 1. The molecule has 2 rings (SSSR count). The van der Waals surface area contributed by atoms with Crippen LogP contribution in [0.1, 0.15) is 26.1 Å².